The van der Waals surface area contributed by atoms with E-state index in [1.807, 2.05) is 0 Å². The first kappa shape index (κ1) is 15.4. The molecule has 0 aliphatic heterocycles. The second-order valence-electron chi connectivity index (χ2n) is 2.82. The molecule has 0 spiro atoms. The molecule has 0 rings (SSSR count). The first-order valence-corrected chi connectivity index (χ1v) is 6.20. The Bertz CT molecular complexity index is 217. The van der Waals surface area contributed by atoms with Gasteiger partial charge in [-0.05, 0) is 24.3 Å². The lowest BCUT2D eigenvalue weighted by Gasteiger charge is -2.00. The zero-order chi connectivity index (χ0) is 12.2. The van der Waals surface area contributed by atoms with E-state index in [2.05, 4.69) is 25.3 Å². The molecule has 0 unspecified atom stereocenters. The molecule has 16 heavy (non-hydrogen) atoms. The van der Waals surface area contributed by atoms with Crippen LogP contribution in [0.2, 0.25) is 0 Å². The van der Waals surface area contributed by atoms with Crippen molar-refractivity contribution in [1.82, 2.24) is 0 Å². The van der Waals surface area contributed by atoms with Gasteiger partial charge in [-0.3, -0.25) is 0 Å². The minimum absolute atomic E-state index is 0.307. The number of ether oxygens (including phenoxy) is 2. The summed E-state index contributed by atoms with van der Waals surface area (Å²) in [6.45, 7) is 0.614. The number of hydrogen-bond donors (Lipinski definition) is 2. The summed E-state index contributed by atoms with van der Waals surface area (Å²) in [4.78, 5) is 22.0. The van der Waals surface area contributed by atoms with Gasteiger partial charge in [-0.25, -0.2) is 9.59 Å². The van der Waals surface area contributed by atoms with Crippen molar-refractivity contribution >= 4 is 37.2 Å². The minimum atomic E-state index is -0.548. The van der Waals surface area contributed by atoms with Crippen LogP contribution in [0.5, 0.6) is 0 Å². The average molecular weight is 264 g/mol. The second kappa shape index (κ2) is 10.9. The van der Waals surface area contributed by atoms with Crippen molar-refractivity contribution in [2.45, 2.75) is 12.8 Å². The first-order chi connectivity index (χ1) is 7.70. The van der Waals surface area contributed by atoms with E-state index in [9.17, 15) is 9.59 Å². The molecule has 6 heteroatoms. The predicted octanol–water partition coefficient (Wildman–Crippen LogP) is 1.27. The molecule has 0 aliphatic rings. The number of carbonyl (C=O) groups is 2. The maximum absolute atomic E-state index is 11.0. The van der Waals surface area contributed by atoms with Gasteiger partial charge in [0, 0.05) is 12.2 Å². The van der Waals surface area contributed by atoms with Crippen LogP contribution in [0.3, 0.4) is 0 Å². The van der Waals surface area contributed by atoms with Crippen LogP contribution in [0, 0.1) is 0 Å². The summed E-state index contributed by atoms with van der Waals surface area (Å²) < 4.78 is 9.53. The number of rotatable bonds is 8. The van der Waals surface area contributed by atoms with Gasteiger partial charge in [-0.2, -0.15) is 25.3 Å². The van der Waals surface area contributed by atoms with E-state index in [1.54, 1.807) is 0 Å². The normalized spacial score (nSPS) is 10.4. The van der Waals surface area contributed by atoms with Gasteiger partial charge in [0.25, 0.3) is 0 Å². The Morgan fingerprint density at radius 1 is 0.875 bits per heavy atom. The van der Waals surface area contributed by atoms with Gasteiger partial charge in [0.15, 0.2) is 0 Å². The SMILES string of the molecule is O=C(/C=C/C(=O)OCCCS)OCCCS. The summed E-state index contributed by atoms with van der Waals surface area (Å²) in [5.41, 5.74) is 0. The van der Waals surface area contributed by atoms with Crippen LogP contribution >= 0.6 is 25.3 Å². The van der Waals surface area contributed by atoms with Crippen molar-refractivity contribution in [3.63, 3.8) is 0 Å². The Hall–Kier alpha value is -0.620. The molecule has 92 valence electrons. The molecule has 0 atom stereocenters. The number of hydrogen-bond acceptors (Lipinski definition) is 6. The lowest BCUT2D eigenvalue weighted by molar-refractivity contribution is -0.140. The predicted molar refractivity (Wildman–Crippen MR) is 68.0 cm³/mol. The van der Waals surface area contributed by atoms with Crippen LogP contribution in [0.4, 0.5) is 0 Å². The van der Waals surface area contributed by atoms with Gasteiger partial charge >= 0.3 is 11.9 Å². The molecule has 0 aromatic rings. The number of thiol groups is 2. The second-order valence-corrected chi connectivity index (χ2v) is 3.72. The Balaban J connectivity index is 3.63. The van der Waals surface area contributed by atoms with Crippen molar-refractivity contribution in [3.05, 3.63) is 12.2 Å². The smallest absolute Gasteiger partial charge is 0.331 e. The van der Waals surface area contributed by atoms with E-state index in [4.69, 9.17) is 9.47 Å². The highest BCUT2D eigenvalue weighted by atomic mass is 32.1. The maximum Gasteiger partial charge on any atom is 0.331 e. The average Bonchev–Trinajstić information content (AvgIpc) is 2.27. The van der Waals surface area contributed by atoms with Crippen molar-refractivity contribution in [3.8, 4) is 0 Å². The van der Waals surface area contributed by atoms with Crippen molar-refractivity contribution < 1.29 is 19.1 Å². The molecule has 0 aromatic heterocycles. The lowest BCUT2D eigenvalue weighted by atomic mass is 10.5. The first-order valence-electron chi connectivity index (χ1n) is 4.94. The highest BCUT2D eigenvalue weighted by molar-refractivity contribution is 7.80. The van der Waals surface area contributed by atoms with E-state index in [1.165, 1.54) is 0 Å². The topological polar surface area (TPSA) is 52.6 Å². The zero-order valence-corrected chi connectivity index (χ0v) is 10.7. The number of esters is 2. The van der Waals surface area contributed by atoms with Crippen LogP contribution in [-0.2, 0) is 19.1 Å². The largest absolute Gasteiger partial charge is 0.462 e. The Morgan fingerprint density at radius 3 is 1.56 bits per heavy atom. The van der Waals surface area contributed by atoms with Gasteiger partial charge in [-0.1, -0.05) is 0 Å². The van der Waals surface area contributed by atoms with Crippen molar-refractivity contribution in [2.75, 3.05) is 24.7 Å². The van der Waals surface area contributed by atoms with E-state index in [0.717, 1.165) is 12.2 Å². The van der Waals surface area contributed by atoms with Gasteiger partial charge in [0.05, 0.1) is 13.2 Å². The standard InChI is InChI=1S/C10H16O4S2/c11-9(13-5-1-7-15)3-4-10(12)14-6-2-8-16/h3-4,15-16H,1-2,5-8H2/b4-3+. The highest BCUT2D eigenvalue weighted by Crippen LogP contribution is 1.91. The molecular formula is C10H16O4S2. The monoisotopic (exact) mass is 264 g/mol. The minimum Gasteiger partial charge on any atom is -0.462 e. The summed E-state index contributed by atoms with van der Waals surface area (Å²) in [7, 11) is 0. The zero-order valence-electron chi connectivity index (χ0n) is 8.92. The lowest BCUT2D eigenvalue weighted by Crippen LogP contribution is -2.06. The van der Waals surface area contributed by atoms with Crippen LogP contribution in [0.25, 0.3) is 0 Å². The molecule has 0 radical (unpaired) electrons. The molecule has 0 amide bonds. The molecule has 0 aliphatic carbocycles. The Kier molecular flexibility index (Phi) is 10.5. The van der Waals surface area contributed by atoms with Gasteiger partial charge < -0.3 is 9.47 Å². The molecule has 0 fully saturated rings. The highest BCUT2D eigenvalue weighted by Gasteiger charge is 2.00. The van der Waals surface area contributed by atoms with E-state index in [-0.39, 0.29) is 0 Å². The van der Waals surface area contributed by atoms with Crippen molar-refractivity contribution in [2.24, 2.45) is 0 Å². The van der Waals surface area contributed by atoms with E-state index < -0.39 is 11.9 Å². The van der Waals surface area contributed by atoms with Gasteiger partial charge in [0.2, 0.25) is 0 Å². The molecular weight excluding hydrogens is 248 g/mol. The fraction of sp³-hybridized carbons (Fsp3) is 0.600. The third kappa shape index (κ3) is 9.92. The van der Waals surface area contributed by atoms with Crippen LogP contribution in [-0.4, -0.2) is 36.7 Å². The van der Waals surface area contributed by atoms with E-state index in [0.29, 0.717) is 37.6 Å². The Morgan fingerprint density at radius 2 is 1.25 bits per heavy atom. The Labute approximate surface area is 106 Å². The molecule has 4 nitrogen and oxygen atoms in total. The van der Waals surface area contributed by atoms with Crippen LogP contribution < -0.4 is 0 Å². The summed E-state index contributed by atoms with van der Waals surface area (Å²) in [6.07, 6.45) is 3.49. The summed E-state index contributed by atoms with van der Waals surface area (Å²) in [5.74, 6) is 0.215. The molecule has 0 bridgehead atoms. The molecule has 0 saturated heterocycles. The van der Waals surface area contributed by atoms with Gasteiger partial charge in [0.1, 0.15) is 0 Å². The summed E-state index contributed by atoms with van der Waals surface area (Å²) >= 11 is 7.93. The van der Waals surface area contributed by atoms with Crippen LogP contribution in [0.15, 0.2) is 12.2 Å². The third-order valence-electron chi connectivity index (χ3n) is 1.45. The van der Waals surface area contributed by atoms with E-state index >= 15 is 0 Å². The third-order valence-corrected chi connectivity index (χ3v) is 2.08. The molecule has 0 N–H and O–H groups in total. The van der Waals surface area contributed by atoms with Gasteiger partial charge in [-0.15, -0.1) is 0 Å². The van der Waals surface area contributed by atoms with Crippen LogP contribution in [0.1, 0.15) is 12.8 Å². The summed E-state index contributed by atoms with van der Waals surface area (Å²) in [6, 6.07) is 0. The molecule has 0 aromatic carbocycles. The molecule has 0 saturated carbocycles. The fourth-order valence-electron chi connectivity index (χ4n) is 0.707. The number of carbonyl (C=O) groups excluding carboxylic acids is 2. The quantitative estimate of drug-likeness (QED) is 0.300. The maximum atomic E-state index is 11.0. The summed E-state index contributed by atoms with van der Waals surface area (Å²) in [5, 5.41) is 0. The molecule has 0 heterocycles. The van der Waals surface area contributed by atoms with Crippen molar-refractivity contribution in [1.29, 1.82) is 0 Å². The fourth-order valence-corrected chi connectivity index (χ4v) is 0.965.